The lowest BCUT2D eigenvalue weighted by Crippen LogP contribution is -2.53. The Morgan fingerprint density at radius 1 is 1.11 bits per heavy atom. The van der Waals surface area contributed by atoms with Crippen LogP contribution in [0.1, 0.15) is 51.2 Å². The van der Waals surface area contributed by atoms with Crippen LogP contribution in [0.3, 0.4) is 0 Å². The Labute approximate surface area is 110 Å². The Hall–Kier alpha value is -0.820. The van der Waals surface area contributed by atoms with E-state index in [2.05, 4.69) is 45.0 Å². The number of aryl methyl sites for hydroxylation is 1. The molecular formula is C17H24O. The first-order chi connectivity index (χ1) is 8.46. The van der Waals surface area contributed by atoms with E-state index in [0.29, 0.717) is 5.92 Å². The first-order valence-corrected chi connectivity index (χ1v) is 7.23. The van der Waals surface area contributed by atoms with Gasteiger partial charge < -0.3 is 5.11 Å². The van der Waals surface area contributed by atoms with Gasteiger partial charge in [0.25, 0.3) is 0 Å². The molecule has 98 valence electrons. The smallest absolute Gasteiger partial charge is 0.0594 e. The maximum Gasteiger partial charge on any atom is 0.0594 e. The largest absolute Gasteiger partial charge is 0.393 e. The topological polar surface area (TPSA) is 20.2 Å². The van der Waals surface area contributed by atoms with Crippen LogP contribution in [-0.4, -0.2) is 11.2 Å². The Kier molecular flexibility index (Phi) is 2.60. The standard InChI is InChI=1S/C17H24O/c1-16(2)14-9-8-12-6-4-5-7-13(12)17(14,3)11-10-15(16)18/h4-7,14-15,18H,8-11H2,1-3H3/t14?,15-,17+/m0/s1. The van der Waals surface area contributed by atoms with E-state index in [1.807, 2.05) is 0 Å². The number of aliphatic hydroxyl groups is 1. The van der Waals surface area contributed by atoms with Crippen molar-refractivity contribution in [2.45, 2.75) is 58.0 Å². The van der Waals surface area contributed by atoms with Crippen molar-refractivity contribution in [1.82, 2.24) is 0 Å². The average molecular weight is 244 g/mol. The van der Waals surface area contributed by atoms with E-state index in [4.69, 9.17) is 0 Å². The SMILES string of the molecule is CC1(C)C2CCc3ccccc3[C@@]2(C)CC[C@@H]1O. The van der Waals surface area contributed by atoms with Gasteiger partial charge in [-0.2, -0.15) is 0 Å². The molecule has 1 unspecified atom stereocenters. The fraction of sp³-hybridized carbons (Fsp3) is 0.647. The van der Waals surface area contributed by atoms with Crippen LogP contribution in [0.15, 0.2) is 24.3 Å². The molecule has 3 rings (SSSR count). The molecule has 1 nitrogen and oxygen atoms in total. The van der Waals surface area contributed by atoms with Crippen molar-refractivity contribution in [3.8, 4) is 0 Å². The molecule has 0 aliphatic heterocycles. The maximum atomic E-state index is 10.3. The summed E-state index contributed by atoms with van der Waals surface area (Å²) in [5, 5.41) is 10.3. The zero-order chi connectivity index (χ0) is 13.0. The van der Waals surface area contributed by atoms with Gasteiger partial charge in [-0.05, 0) is 53.6 Å². The van der Waals surface area contributed by atoms with Crippen molar-refractivity contribution in [1.29, 1.82) is 0 Å². The molecule has 3 atom stereocenters. The van der Waals surface area contributed by atoms with Gasteiger partial charge in [-0.3, -0.25) is 0 Å². The maximum absolute atomic E-state index is 10.3. The highest BCUT2D eigenvalue weighted by atomic mass is 16.3. The molecule has 0 heterocycles. The van der Waals surface area contributed by atoms with Gasteiger partial charge in [-0.25, -0.2) is 0 Å². The molecule has 1 saturated carbocycles. The van der Waals surface area contributed by atoms with E-state index in [1.165, 1.54) is 18.4 Å². The summed E-state index contributed by atoms with van der Waals surface area (Å²) in [5.74, 6) is 0.601. The molecule has 1 aromatic rings. The third-order valence-corrected chi connectivity index (χ3v) is 5.80. The Morgan fingerprint density at radius 2 is 1.83 bits per heavy atom. The molecule has 18 heavy (non-hydrogen) atoms. The predicted molar refractivity (Wildman–Crippen MR) is 74.6 cm³/mol. The Morgan fingerprint density at radius 3 is 2.61 bits per heavy atom. The van der Waals surface area contributed by atoms with Crippen LogP contribution in [0.2, 0.25) is 0 Å². The molecular weight excluding hydrogens is 220 g/mol. The molecule has 1 fully saturated rings. The normalized spacial score (nSPS) is 37.8. The van der Waals surface area contributed by atoms with E-state index < -0.39 is 0 Å². The van der Waals surface area contributed by atoms with Gasteiger partial charge >= 0.3 is 0 Å². The zero-order valence-corrected chi connectivity index (χ0v) is 11.7. The second-order valence-electron chi connectivity index (χ2n) is 7.04. The second kappa shape index (κ2) is 3.84. The summed E-state index contributed by atoms with van der Waals surface area (Å²) in [6, 6.07) is 8.93. The summed E-state index contributed by atoms with van der Waals surface area (Å²) in [4.78, 5) is 0. The lowest BCUT2D eigenvalue weighted by molar-refractivity contribution is -0.0730. The summed E-state index contributed by atoms with van der Waals surface area (Å²) < 4.78 is 0. The predicted octanol–water partition coefficient (Wildman–Crippen LogP) is 3.69. The number of rotatable bonds is 0. The van der Waals surface area contributed by atoms with Crippen molar-refractivity contribution >= 4 is 0 Å². The van der Waals surface area contributed by atoms with Gasteiger partial charge in [0.1, 0.15) is 0 Å². The van der Waals surface area contributed by atoms with Crippen molar-refractivity contribution in [2.75, 3.05) is 0 Å². The summed E-state index contributed by atoms with van der Waals surface area (Å²) >= 11 is 0. The molecule has 0 amide bonds. The number of hydrogen-bond acceptors (Lipinski definition) is 1. The van der Waals surface area contributed by atoms with E-state index in [1.54, 1.807) is 5.56 Å². The first-order valence-electron chi connectivity index (χ1n) is 7.23. The van der Waals surface area contributed by atoms with Gasteiger partial charge in [0, 0.05) is 0 Å². The van der Waals surface area contributed by atoms with Crippen LogP contribution < -0.4 is 0 Å². The summed E-state index contributed by atoms with van der Waals surface area (Å²) in [6.45, 7) is 6.94. The molecule has 2 aliphatic carbocycles. The van der Waals surface area contributed by atoms with Crippen LogP contribution >= 0.6 is 0 Å². The highest BCUT2D eigenvalue weighted by Gasteiger charge is 2.53. The van der Waals surface area contributed by atoms with Crippen LogP contribution in [-0.2, 0) is 11.8 Å². The fourth-order valence-electron chi connectivity index (χ4n) is 4.64. The molecule has 2 aliphatic rings. The van der Waals surface area contributed by atoms with Crippen molar-refractivity contribution in [2.24, 2.45) is 11.3 Å². The number of benzene rings is 1. The lowest BCUT2D eigenvalue weighted by atomic mass is 9.49. The quantitative estimate of drug-likeness (QED) is 0.738. The fourth-order valence-corrected chi connectivity index (χ4v) is 4.64. The van der Waals surface area contributed by atoms with Gasteiger partial charge in [-0.1, -0.05) is 45.0 Å². The summed E-state index contributed by atoms with van der Waals surface area (Å²) in [6.07, 6.45) is 4.32. The second-order valence-corrected chi connectivity index (χ2v) is 7.04. The minimum atomic E-state index is -0.138. The third-order valence-electron chi connectivity index (χ3n) is 5.80. The molecule has 1 aromatic carbocycles. The molecule has 0 saturated heterocycles. The molecule has 1 heteroatoms. The molecule has 0 aromatic heterocycles. The van der Waals surface area contributed by atoms with Crippen LogP contribution in [0, 0.1) is 11.3 Å². The van der Waals surface area contributed by atoms with Crippen LogP contribution in [0.25, 0.3) is 0 Å². The molecule has 0 spiro atoms. The minimum Gasteiger partial charge on any atom is -0.393 e. The highest BCUT2D eigenvalue weighted by molar-refractivity contribution is 5.38. The Balaban J connectivity index is 2.10. The zero-order valence-electron chi connectivity index (χ0n) is 11.7. The van der Waals surface area contributed by atoms with Crippen molar-refractivity contribution < 1.29 is 5.11 Å². The number of hydrogen-bond donors (Lipinski definition) is 1. The minimum absolute atomic E-state index is 0.0422. The van der Waals surface area contributed by atoms with E-state index >= 15 is 0 Å². The first kappa shape index (κ1) is 12.2. The van der Waals surface area contributed by atoms with E-state index in [9.17, 15) is 5.11 Å². The number of fused-ring (bicyclic) bond motifs is 3. The van der Waals surface area contributed by atoms with E-state index in [0.717, 1.165) is 12.8 Å². The van der Waals surface area contributed by atoms with Gasteiger partial charge in [0.2, 0.25) is 0 Å². The van der Waals surface area contributed by atoms with Crippen LogP contribution in [0.4, 0.5) is 0 Å². The molecule has 1 N–H and O–H groups in total. The molecule has 0 bridgehead atoms. The van der Waals surface area contributed by atoms with Gasteiger partial charge in [-0.15, -0.1) is 0 Å². The van der Waals surface area contributed by atoms with Gasteiger partial charge in [0.05, 0.1) is 6.10 Å². The van der Waals surface area contributed by atoms with Gasteiger partial charge in [0.15, 0.2) is 0 Å². The van der Waals surface area contributed by atoms with Crippen molar-refractivity contribution in [3.63, 3.8) is 0 Å². The lowest BCUT2D eigenvalue weighted by Gasteiger charge is -2.56. The highest BCUT2D eigenvalue weighted by Crippen LogP contribution is 2.56. The summed E-state index contributed by atoms with van der Waals surface area (Å²) in [5.41, 5.74) is 3.38. The monoisotopic (exact) mass is 244 g/mol. The average Bonchev–Trinajstić information content (AvgIpc) is 2.35. The molecule has 0 radical (unpaired) electrons. The van der Waals surface area contributed by atoms with E-state index in [-0.39, 0.29) is 16.9 Å². The number of aliphatic hydroxyl groups excluding tert-OH is 1. The third kappa shape index (κ3) is 1.50. The summed E-state index contributed by atoms with van der Waals surface area (Å²) in [7, 11) is 0. The van der Waals surface area contributed by atoms with Crippen molar-refractivity contribution in [3.05, 3.63) is 35.4 Å². The Bertz CT molecular complexity index is 462. The van der Waals surface area contributed by atoms with Crippen LogP contribution in [0.5, 0.6) is 0 Å².